The molecule has 18 heavy (non-hydrogen) atoms. The molecule has 0 saturated carbocycles. The number of aromatic hydroxyl groups is 2. The normalized spacial score (nSPS) is 10.7. The smallest absolute Gasteiger partial charge is 0.240 e. The van der Waals surface area contributed by atoms with Gasteiger partial charge in [0.1, 0.15) is 0 Å². The number of carbonyl (C=O) groups excluding carboxylic acids is 1. The van der Waals surface area contributed by atoms with E-state index in [2.05, 4.69) is 17.5 Å². The lowest BCUT2D eigenvalue weighted by Crippen LogP contribution is -2.16. The van der Waals surface area contributed by atoms with E-state index in [1.807, 2.05) is 0 Å². The molecule has 0 bridgehead atoms. The first kappa shape index (κ1) is 14.0. The number of carbonyl (C=O) groups is 1. The minimum atomic E-state index is -0.215. The zero-order chi connectivity index (χ0) is 13.4. The quantitative estimate of drug-likeness (QED) is 0.313. The van der Waals surface area contributed by atoms with Crippen molar-refractivity contribution >= 4 is 12.1 Å². The molecule has 0 spiro atoms. The van der Waals surface area contributed by atoms with Crippen molar-refractivity contribution in [3.8, 4) is 11.5 Å². The SMILES string of the molecule is CCCCCC(=O)N/N=C\c1ccc(O)c(O)c1. The molecule has 1 rings (SSSR count). The van der Waals surface area contributed by atoms with Gasteiger partial charge < -0.3 is 10.2 Å². The highest BCUT2D eigenvalue weighted by molar-refractivity contribution is 5.83. The van der Waals surface area contributed by atoms with E-state index in [1.165, 1.54) is 18.3 Å². The first-order chi connectivity index (χ1) is 8.63. The molecule has 0 saturated heterocycles. The predicted octanol–water partition coefficient (Wildman–Crippen LogP) is 2.13. The van der Waals surface area contributed by atoms with Gasteiger partial charge in [-0.15, -0.1) is 0 Å². The lowest BCUT2D eigenvalue weighted by atomic mass is 10.2. The number of hydrazone groups is 1. The van der Waals surface area contributed by atoms with Gasteiger partial charge in [-0.05, 0) is 30.2 Å². The highest BCUT2D eigenvalue weighted by Gasteiger charge is 2.00. The third kappa shape index (κ3) is 4.86. The minimum Gasteiger partial charge on any atom is -0.504 e. The maximum absolute atomic E-state index is 11.3. The van der Waals surface area contributed by atoms with Crippen LogP contribution in [0, 0.1) is 0 Å². The highest BCUT2D eigenvalue weighted by Crippen LogP contribution is 2.23. The molecule has 5 nitrogen and oxygen atoms in total. The molecule has 1 aromatic carbocycles. The third-order valence-corrected chi connectivity index (χ3v) is 2.41. The van der Waals surface area contributed by atoms with Gasteiger partial charge in [-0.3, -0.25) is 4.79 Å². The molecule has 5 heteroatoms. The fourth-order valence-corrected chi connectivity index (χ4v) is 1.39. The van der Waals surface area contributed by atoms with Crippen LogP contribution in [0.4, 0.5) is 0 Å². The average Bonchev–Trinajstić information content (AvgIpc) is 2.34. The molecule has 0 aliphatic heterocycles. The monoisotopic (exact) mass is 250 g/mol. The molecule has 0 aliphatic carbocycles. The average molecular weight is 250 g/mol. The van der Waals surface area contributed by atoms with Gasteiger partial charge in [0, 0.05) is 6.42 Å². The second kappa shape index (κ2) is 7.32. The van der Waals surface area contributed by atoms with E-state index >= 15 is 0 Å². The highest BCUT2D eigenvalue weighted by atomic mass is 16.3. The predicted molar refractivity (Wildman–Crippen MR) is 69.7 cm³/mol. The van der Waals surface area contributed by atoms with E-state index in [1.54, 1.807) is 6.07 Å². The first-order valence-electron chi connectivity index (χ1n) is 5.97. The summed E-state index contributed by atoms with van der Waals surface area (Å²) in [7, 11) is 0. The van der Waals surface area contributed by atoms with Gasteiger partial charge in [-0.2, -0.15) is 5.10 Å². The van der Waals surface area contributed by atoms with Crippen LogP contribution in [-0.2, 0) is 4.79 Å². The zero-order valence-corrected chi connectivity index (χ0v) is 10.4. The van der Waals surface area contributed by atoms with Gasteiger partial charge in [0.25, 0.3) is 0 Å². The van der Waals surface area contributed by atoms with E-state index in [-0.39, 0.29) is 17.4 Å². The Labute approximate surface area is 106 Å². The summed E-state index contributed by atoms with van der Waals surface area (Å²) in [4.78, 5) is 11.3. The summed E-state index contributed by atoms with van der Waals surface area (Å²) in [5.74, 6) is -0.522. The zero-order valence-electron chi connectivity index (χ0n) is 10.4. The Morgan fingerprint density at radius 1 is 1.33 bits per heavy atom. The summed E-state index contributed by atoms with van der Waals surface area (Å²) < 4.78 is 0. The van der Waals surface area contributed by atoms with E-state index in [0.717, 1.165) is 19.3 Å². The molecule has 1 aromatic rings. The fraction of sp³-hybridized carbons (Fsp3) is 0.385. The van der Waals surface area contributed by atoms with Crippen molar-refractivity contribution in [2.24, 2.45) is 5.10 Å². The molecule has 0 radical (unpaired) electrons. The summed E-state index contributed by atoms with van der Waals surface area (Å²) in [5.41, 5.74) is 3.01. The number of amides is 1. The Hall–Kier alpha value is -2.04. The van der Waals surface area contributed by atoms with Crippen molar-refractivity contribution in [3.05, 3.63) is 23.8 Å². The van der Waals surface area contributed by atoms with Crippen LogP contribution in [-0.4, -0.2) is 22.3 Å². The fourth-order valence-electron chi connectivity index (χ4n) is 1.39. The molecule has 98 valence electrons. The van der Waals surface area contributed by atoms with E-state index in [0.29, 0.717) is 12.0 Å². The Balaban J connectivity index is 2.40. The van der Waals surface area contributed by atoms with Crippen LogP contribution >= 0.6 is 0 Å². The van der Waals surface area contributed by atoms with Crippen molar-refractivity contribution in [1.82, 2.24) is 5.43 Å². The standard InChI is InChI=1S/C13H18N2O3/c1-2-3-4-5-13(18)15-14-9-10-6-7-11(16)12(17)8-10/h6-9,16-17H,2-5H2,1H3,(H,15,18)/b14-9-. The largest absolute Gasteiger partial charge is 0.504 e. The van der Waals surface area contributed by atoms with E-state index in [4.69, 9.17) is 5.11 Å². The van der Waals surface area contributed by atoms with Crippen LogP contribution in [0.15, 0.2) is 23.3 Å². The molecular formula is C13H18N2O3. The van der Waals surface area contributed by atoms with Crippen molar-refractivity contribution < 1.29 is 15.0 Å². The maximum atomic E-state index is 11.3. The summed E-state index contributed by atoms with van der Waals surface area (Å²) in [5, 5.41) is 22.1. The number of phenolic OH excluding ortho intramolecular Hbond substituents is 2. The topological polar surface area (TPSA) is 81.9 Å². The Morgan fingerprint density at radius 3 is 2.78 bits per heavy atom. The number of phenols is 2. The maximum Gasteiger partial charge on any atom is 0.240 e. The second-order valence-electron chi connectivity index (χ2n) is 4.00. The van der Waals surface area contributed by atoms with Crippen molar-refractivity contribution in [3.63, 3.8) is 0 Å². The molecular weight excluding hydrogens is 232 g/mol. The van der Waals surface area contributed by atoms with Gasteiger partial charge in [-0.1, -0.05) is 19.8 Å². The van der Waals surface area contributed by atoms with E-state index < -0.39 is 0 Å². The Morgan fingerprint density at radius 2 is 2.11 bits per heavy atom. The molecule has 0 heterocycles. The number of hydrogen-bond acceptors (Lipinski definition) is 4. The first-order valence-corrected chi connectivity index (χ1v) is 5.97. The van der Waals surface area contributed by atoms with Gasteiger partial charge >= 0.3 is 0 Å². The van der Waals surface area contributed by atoms with Gasteiger partial charge in [0.15, 0.2) is 11.5 Å². The molecule has 0 fully saturated rings. The van der Waals surface area contributed by atoms with Crippen LogP contribution in [0.25, 0.3) is 0 Å². The number of rotatable bonds is 6. The van der Waals surface area contributed by atoms with Gasteiger partial charge in [-0.25, -0.2) is 5.43 Å². The number of nitrogens with one attached hydrogen (secondary N) is 1. The summed E-state index contributed by atoms with van der Waals surface area (Å²) >= 11 is 0. The second-order valence-corrected chi connectivity index (χ2v) is 4.00. The molecule has 3 N–H and O–H groups in total. The van der Waals surface area contributed by atoms with Crippen LogP contribution in [0.3, 0.4) is 0 Å². The molecule has 0 atom stereocenters. The van der Waals surface area contributed by atoms with Crippen LogP contribution < -0.4 is 5.43 Å². The van der Waals surface area contributed by atoms with Crippen LogP contribution in [0.2, 0.25) is 0 Å². The molecule has 1 amide bonds. The number of benzene rings is 1. The third-order valence-electron chi connectivity index (χ3n) is 2.41. The number of nitrogens with zero attached hydrogens (tertiary/aromatic N) is 1. The minimum absolute atomic E-state index is 0.122. The van der Waals surface area contributed by atoms with Crippen LogP contribution in [0.1, 0.15) is 38.2 Å². The van der Waals surface area contributed by atoms with Crippen LogP contribution in [0.5, 0.6) is 11.5 Å². The lowest BCUT2D eigenvalue weighted by molar-refractivity contribution is -0.121. The van der Waals surface area contributed by atoms with E-state index in [9.17, 15) is 9.90 Å². The van der Waals surface area contributed by atoms with Crippen molar-refractivity contribution in [1.29, 1.82) is 0 Å². The summed E-state index contributed by atoms with van der Waals surface area (Å²) in [6.45, 7) is 2.08. The number of hydrogen-bond donors (Lipinski definition) is 3. The van der Waals surface area contributed by atoms with Gasteiger partial charge in [0.05, 0.1) is 6.21 Å². The molecule has 0 unspecified atom stereocenters. The molecule has 0 aromatic heterocycles. The lowest BCUT2D eigenvalue weighted by Gasteiger charge is -2.00. The summed E-state index contributed by atoms with van der Waals surface area (Å²) in [6.07, 6.45) is 4.84. The van der Waals surface area contributed by atoms with Crippen molar-refractivity contribution in [2.45, 2.75) is 32.6 Å². The number of unbranched alkanes of at least 4 members (excludes halogenated alkanes) is 2. The summed E-state index contributed by atoms with van der Waals surface area (Å²) in [6, 6.07) is 4.31. The Bertz CT molecular complexity index is 430. The Kier molecular flexibility index (Phi) is 5.70. The van der Waals surface area contributed by atoms with Gasteiger partial charge in [0.2, 0.25) is 5.91 Å². The van der Waals surface area contributed by atoms with Crippen molar-refractivity contribution in [2.75, 3.05) is 0 Å². The molecule has 0 aliphatic rings.